The summed E-state index contributed by atoms with van der Waals surface area (Å²) in [7, 11) is 0. The van der Waals surface area contributed by atoms with E-state index in [1.807, 2.05) is 61.0 Å². The van der Waals surface area contributed by atoms with E-state index in [1.54, 1.807) is 0 Å². The number of fused-ring (bicyclic) bond motifs is 1. The van der Waals surface area contributed by atoms with Gasteiger partial charge in [0, 0.05) is 18.7 Å². The highest BCUT2D eigenvalue weighted by Gasteiger charge is 2.32. The molecule has 4 heteroatoms. The standard InChI is InChI=1S/C17H20N2O2/c1-11(2)19-9-5-8-14(19)17(21)18-16-13-7-4-3-6-12(13)10-15(16)20/h3-9,11,15-16,20H,10H2,1-2H3,(H,18,21). The summed E-state index contributed by atoms with van der Waals surface area (Å²) in [6.07, 6.45) is 1.93. The molecule has 3 rings (SSSR count). The Labute approximate surface area is 124 Å². The molecule has 0 spiro atoms. The number of carbonyl (C=O) groups is 1. The fourth-order valence-electron chi connectivity index (χ4n) is 3.00. The molecule has 0 saturated carbocycles. The number of aliphatic hydroxyl groups excluding tert-OH is 1. The van der Waals surface area contributed by atoms with Gasteiger partial charge in [0.2, 0.25) is 0 Å². The second-order valence-corrected chi connectivity index (χ2v) is 5.82. The van der Waals surface area contributed by atoms with Gasteiger partial charge in [0.25, 0.3) is 5.91 Å². The molecule has 0 saturated heterocycles. The third-order valence-corrected chi connectivity index (χ3v) is 4.06. The van der Waals surface area contributed by atoms with E-state index in [2.05, 4.69) is 5.32 Å². The van der Waals surface area contributed by atoms with Crippen LogP contribution in [0.3, 0.4) is 0 Å². The third-order valence-electron chi connectivity index (χ3n) is 4.06. The summed E-state index contributed by atoms with van der Waals surface area (Å²) in [5, 5.41) is 13.2. The largest absolute Gasteiger partial charge is 0.390 e. The van der Waals surface area contributed by atoms with Crippen molar-refractivity contribution in [3.8, 4) is 0 Å². The molecule has 2 unspecified atom stereocenters. The molecule has 4 nitrogen and oxygen atoms in total. The van der Waals surface area contributed by atoms with Gasteiger partial charge < -0.3 is 15.0 Å². The molecule has 0 aliphatic heterocycles. The number of hydrogen-bond donors (Lipinski definition) is 2. The van der Waals surface area contributed by atoms with Crippen molar-refractivity contribution in [2.24, 2.45) is 0 Å². The zero-order valence-electron chi connectivity index (χ0n) is 12.3. The van der Waals surface area contributed by atoms with Crippen molar-refractivity contribution in [2.75, 3.05) is 0 Å². The van der Waals surface area contributed by atoms with Gasteiger partial charge in [-0.3, -0.25) is 4.79 Å². The second-order valence-electron chi connectivity index (χ2n) is 5.82. The minimum absolute atomic E-state index is 0.144. The first kappa shape index (κ1) is 13.9. The Morgan fingerprint density at radius 3 is 2.81 bits per heavy atom. The van der Waals surface area contributed by atoms with Crippen LogP contribution in [0.15, 0.2) is 42.6 Å². The number of benzene rings is 1. The van der Waals surface area contributed by atoms with Crippen LogP contribution in [0.4, 0.5) is 0 Å². The van der Waals surface area contributed by atoms with Crippen LogP contribution in [0.1, 0.15) is 47.5 Å². The molecule has 1 aromatic heterocycles. The van der Waals surface area contributed by atoms with Crippen molar-refractivity contribution >= 4 is 5.91 Å². The Balaban J connectivity index is 1.84. The molecule has 2 aromatic rings. The Hall–Kier alpha value is -2.07. The molecule has 1 aliphatic carbocycles. The molecule has 110 valence electrons. The van der Waals surface area contributed by atoms with E-state index in [1.165, 1.54) is 0 Å². The van der Waals surface area contributed by atoms with Gasteiger partial charge in [0.15, 0.2) is 0 Å². The predicted molar refractivity (Wildman–Crippen MR) is 81.2 cm³/mol. The summed E-state index contributed by atoms with van der Waals surface area (Å²) >= 11 is 0. The van der Waals surface area contributed by atoms with Crippen molar-refractivity contribution in [3.63, 3.8) is 0 Å². The third kappa shape index (κ3) is 2.47. The summed E-state index contributed by atoms with van der Waals surface area (Å²) in [6, 6.07) is 11.4. The minimum atomic E-state index is -0.561. The van der Waals surface area contributed by atoms with Crippen LogP contribution < -0.4 is 5.32 Å². The molecule has 1 heterocycles. The molecule has 1 aromatic carbocycles. The molecular weight excluding hydrogens is 264 g/mol. The van der Waals surface area contributed by atoms with Crippen molar-refractivity contribution in [1.29, 1.82) is 0 Å². The Kier molecular flexibility index (Phi) is 3.55. The number of aromatic nitrogens is 1. The molecule has 2 atom stereocenters. The summed E-state index contributed by atoms with van der Waals surface area (Å²) in [6.45, 7) is 4.08. The fraction of sp³-hybridized carbons (Fsp3) is 0.353. The molecular formula is C17H20N2O2. The van der Waals surface area contributed by atoms with Gasteiger partial charge in [-0.2, -0.15) is 0 Å². The topological polar surface area (TPSA) is 54.3 Å². The first-order valence-electron chi connectivity index (χ1n) is 7.31. The maximum absolute atomic E-state index is 12.5. The van der Waals surface area contributed by atoms with Crippen LogP contribution >= 0.6 is 0 Å². The molecule has 1 amide bonds. The van der Waals surface area contributed by atoms with Gasteiger partial charge in [0.05, 0.1) is 12.1 Å². The average Bonchev–Trinajstić information content (AvgIpc) is 3.04. The normalized spacial score (nSPS) is 20.6. The van der Waals surface area contributed by atoms with Crippen LogP contribution in [0.25, 0.3) is 0 Å². The Morgan fingerprint density at radius 1 is 1.29 bits per heavy atom. The summed E-state index contributed by atoms with van der Waals surface area (Å²) in [4.78, 5) is 12.5. The minimum Gasteiger partial charge on any atom is -0.390 e. The lowest BCUT2D eigenvalue weighted by Gasteiger charge is -2.19. The Bertz CT molecular complexity index is 660. The second kappa shape index (κ2) is 5.37. The van der Waals surface area contributed by atoms with Crippen molar-refractivity contribution in [3.05, 3.63) is 59.4 Å². The van der Waals surface area contributed by atoms with Crippen LogP contribution in [-0.2, 0) is 6.42 Å². The maximum atomic E-state index is 12.5. The highest BCUT2D eigenvalue weighted by atomic mass is 16.3. The van der Waals surface area contributed by atoms with Gasteiger partial charge in [-0.25, -0.2) is 0 Å². The summed E-state index contributed by atoms with van der Waals surface area (Å²) in [5.74, 6) is -0.144. The number of amides is 1. The van der Waals surface area contributed by atoms with Gasteiger partial charge in [0.1, 0.15) is 5.69 Å². The number of rotatable bonds is 3. The Morgan fingerprint density at radius 2 is 2.05 bits per heavy atom. The van der Waals surface area contributed by atoms with Gasteiger partial charge in [-0.05, 0) is 37.1 Å². The van der Waals surface area contributed by atoms with Gasteiger partial charge in [-0.1, -0.05) is 24.3 Å². The van der Waals surface area contributed by atoms with Crippen LogP contribution in [0.2, 0.25) is 0 Å². The molecule has 0 radical (unpaired) electrons. The molecule has 0 bridgehead atoms. The highest BCUT2D eigenvalue weighted by Crippen LogP contribution is 2.31. The maximum Gasteiger partial charge on any atom is 0.268 e. The van der Waals surface area contributed by atoms with Crippen LogP contribution in [-0.4, -0.2) is 21.7 Å². The lowest BCUT2D eigenvalue weighted by molar-refractivity contribution is 0.0848. The molecule has 1 aliphatic rings. The van der Waals surface area contributed by atoms with E-state index in [4.69, 9.17) is 0 Å². The van der Waals surface area contributed by atoms with Crippen LogP contribution in [0.5, 0.6) is 0 Å². The molecule has 0 fully saturated rings. The molecule has 21 heavy (non-hydrogen) atoms. The first-order valence-corrected chi connectivity index (χ1v) is 7.31. The fourth-order valence-corrected chi connectivity index (χ4v) is 3.00. The number of nitrogens with one attached hydrogen (secondary N) is 1. The number of carbonyl (C=O) groups excluding carboxylic acids is 1. The van der Waals surface area contributed by atoms with E-state index < -0.39 is 6.10 Å². The van der Waals surface area contributed by atoms with E-state index >= 15 is 0 Å². The number of hydrogen-bond acceptors (Lipinski definition) is 2. The average molecular weight is 284 g/mol. The van der Waals surface area contributed by atoms with Crippen molar-refractivity contribution in [2.45, 2.75) is 38.5 Å². The monoisotopic (exact) mass is 284 g/mol. The number of aliphatic hydroxyl groups is 1. The predicted octanol–water partition coefficient (Wildman–Crippen LogP) is 2.46. The quantitative estimate of drug-likeness (QED) is 0.909. The first-order chi connectivity index (χ1) is 10.1. The summed E-state index contributed by atoms with van der Waals surface area (Å²) in [5.41, 5.74) is 2.75. The zero-order valence-corrected chi connectivity index (χ0v) is 12.3. The lowest BCUT2D eigenvalue weighted by Crippen LogP contribution is -2.35. The van der Waals surface area contributed by atoms with E-state index in [9.17, 15) is 9.90 Å². The van der Waals surface area contributed by atoms with Gasteiger partial charge >= 0.3 is 0 Å². The van der Waals surface area contributed by atoms with Crippen LogP contribution in [0, 0.1) is 0 Å². The number of nitrogens with zero attached hydrogens (tertiary/aromatic N) is 1. The smallest absolute Gasteiger partial charge is 0.268 e. The van der Waals surface area contributed by atoms with Crippen molar-refractivity contribution in [1.82, 2.24) is 9.88 Å². The van der Waals surface area contributed by atoms with Gasteiger partial charge in [-0.15, -0.1) is 0 Å². The lowest BCUT2D eigenvalue weighted by atomic mass is 10.1. The van der Waals surface area contributed by atoms with Crippen molar-refractivity contribution < 1.29 is 9.90 Å². The van der Waals surface area contributed by atoms with E-state index in [0.29, 0.717) is 12.1 Å². The SMILES string of the molecule is CC(C)n1cccc1C(=O)NC1c2ccccc2CC1O. The zero-order chi connectivity index (χ0) is 15.0. The summed E-state index contributed by atoms with van der Waals surface area (Å²) < 4.78 is 1.93. The molecule has 2 N–H and O–H groups in total. The van der Waals surface area contributed by atoms with E-state index in [-0.39, 0.29) is 18.0 Å². The highest BCUT2D eigenvalue weighted by molar-refractivity contribution is 5.93. The van der Waals surface area contributed by atoms with E-state index in [0.717, 1.165) is 11.1 Å².